The molecule has 0 aromatic heterocycles. The number of hydrazine groups is 1. The number of fused-ring (bicyclic) bond motifs is 1. The Balaban J connectivity index is 1.12. The minimum absolute atomic E-state index is 0.0759. The molecule has 2 amide bonds. The Hall–Kier alpha value is -2.50. The van der Waals surface area contributed by atoms with Crippen molar-refractivity contribution in [2.24, 2.45) is 23.2 Å². The van der Waals surface area contributed by atoms with Gasteiger partial charge in [0.25, 0.3) is 5.91 Å². The van der Waals surface area contributed by atoms with E-state index in [4.69, 9.17) is 9.47 Å². The zero-order chi connectivity index (χ0) is 19.8. The summed E-state index contributed by atoms with van der Waals surface area (Å²) in [5.41, 5.74) is 6.13. The van der Waals surface area contributed by atoms with Gasteiger partial charge in [-0.1, -0.05) is 6.07 Å². The first-order chi connectivity index (χ1) is 14.1. The fraction of sp³-hybridized carbons (Fsp3) is 0.565. The van der Waals surface area contributed by atoms with Gasteiger partial charge in [-0.25, -0.2) is 0 Å². The van der Waals surface area contributed by atoms with E-state index in [1.54, 1.807) is 6.08 Å². The van der Waals surface area contributed by atoms with E-state index in [0.717, 1.165) is 29.1 Å². The van der Waals surface area contributed by atoms with Crippen LogP contribution in [0.15, 0.2) is 24.3 Å². The molecule has 4 bridgehead atoms. The van der Waals surface area contributed by atoms with Crippen LogP contribution in [0.5, 0.6) is 11.5 Å². The summed E-state index contributed by atoms with van der Waals surface area (Å²) in [5, 5.41) is 0. The second-order valence-electron chi connectivity index (χ2n) is 9.37. The summed E-state index contributed by atoms with van der Waals surface area (Å²) in [6.45, 7) is 1.07. The van der Waals surface area contributed by atoms with Crippen molar-refractivity contribution < 1.29 is 19.1 Å². The highest BCUT2D eigenvalue weighted by molar-refractivity contribution is 5.93. The minimum Gasteiger partial charge on any atom is -0.486 e. The lowest BCUT2D eigenvalue weighted by atomic mass is 9.49. The average Bonchev–Trinajstić information content (AvgIpc) is 2.69. The molecule has 4 fully saturated rings. The number of nitrogens with one attached hydrogen (secondary N) is 2. The van der Waals surface area contributed by atoms with E-state index in [0.29, 0.717) is 25.4 Å². The van der Waals surface area contributed by atoms with Gasteiger partial charge in [0.2, 0.25) is 5.91 Å². The van der Waals surface area contributed by atoms with Gasteiger partial charge in [0, 0.05) is 12.5 Å². The monoisotopic (exact) mass is 396 g/mol. The summed E-state index contributed by atoms with van der Waals surface area (Å²) in [6, 6.07) is 5.53. The normalized spacial score (nSPS) is 31.7. The molecule has 6 heteroatoms. The zero-order valence-electron chi connectivity index (χ0n) is 16.6. The second kappa shape index (κ2) is 7.39. The van der Waals surface area contributed by atoms with Crippen molar-refractivity contribution >= 4 is 17.9 Å². The van der Waals surface area contributed by atoms with Crippen LogP contribution < -0.4 is 20.3 Å². The number of carbonyl (C=O) groups excluding carboxylic acids is 2. The van der Waals surface area contributed by atoms with Gasteiger partial charge in [0.05, 0.1) is 0 Å². The number of hydrogen-bond acceptors (Lipinski definition) is 4. The van der Waals surface area contributed by atoms with Crippen LogP contribution >= 0.6 is 0 Å². The molecule has 0 radical (unpaired) electrons. The molecule has 2 N–H and O–H groups in total. The van der Waals surface area contributed by atoms with Crippen LogP contribution in [0.4, 0.5) is 0 Å². The van der Waals surface area contributed by atoms with E-state index in [9.17, 15) is 9.59 Å². The van der Waals surface area contributed by atoms with Gasteiger partial charge < -0.3 is 9.47 Å². The van der Waals surface area contributed by atoms with Crippen molar-refractivity contribution in [2.75, 3.05) is 13.2 Å². The molecular formula is C23H28N2O4. The molecule has 1 aromatic carbocycles. The Morgan fingerprint density at radius 2 is 1.62 bits per heavy atom. The van der Waals surface area contributed by atoms with E-state index in [2.05, 4.69) is 10.9 Å². The molecule has 0 spiro atoms. The van der Waals surface area contributed by atoms with Crippen molar-refractivity contribution in [1.82, 2.24) is 10.9 Å². The van der Waals surface area contributed by atoms with Crippen LogP contribution in [-0.4, -0.2) is 25.0 Å². The molecule has 6 nitrogen and oxygen atoms in total. The van der Waals surface area contributed by atoms with Crippen LogP contribution in [0, 0.1) is 23.2 Å². The standard InChI is InChI=1S/C23H28N2O4/c26-21(4-2-15-1-3-19-20(10-15)29-6-5-28-19)24-25-22(27)14-23-11-16-7-17(12-23)9-18(8-16)13-23/h1-4,10,16-18H,5-9,11-14H2,(H,24,26)(H,25,27)/b4-2+. The highest BCUT2D eigenvalue weighted by Crippen LogP contribution is 2.61. The van der Waals surface area contributed by atoms with Gasteiger partial charge in [-0.15, -0.1) is 0 Å². The van der Waals surface area contributed by atoms with Gasteiger partial charge in [-0.05, 0) is 85.5 Å². The van der Waals surface area contributed by atoms with Crippen molar-refractivity contribution in [3.8, 4) is 11.5 Å². The Labute approximate surface area is 171 Å². The first-order valence-corrected chi connectivity index (χ1v) is 10.7. The molecule has 1 aromatic rings. The Morgan fingerprint density at radius 1 is 0.966 bits per heavy atom. The van der Waals surface area contributed by atoms with Crippen molar-refractivity contribution in [2.45, 2.75) is 44.9 Å². The molecular weight excluding hydrogens is 368 g/mol. The summed E-state index contributed by atoms with van der Waals surface area (Å²) in [4.78, 5) is 24.6. The largest absolute Gasteiger partial charge is 0.486 e. The predicted octanol–water partition coefficient (Wildman–Crippen LogP) is 3.22. The van der Waals surface area contributed by atoms with E-state index in [1.807, 2.05) is 18.2 Å². The molecule has 1 aliphatic heterocycles. The lowest BCUT2D eigenvalue weighted by Crippen LogP contribution is -2.49. The van der Waals surface area contributed by atoms with Gasteiger partial charge in [0.15, 0.2) is 11.5 Å². The zero-order valence-corrected chi connectivity index (χ0v) is 16.6. The summed E-state index contributed by atoms with van der Waals surface area (Å²) in [7, 11) is 0. The van der Waals surface area contributed by atoms with Crippen LogP contribution in [0.1, 0.15) is 50.5 Å². The molecule has 5 aliphatic rings. The maximum absolute atomic E-state index is 12.5. The number of ether oxygens (including phenoxy) is 2. The fourth-order valence-electron chi connectivity index (χ4n) is 6.40. The van der Waals surface area contributed by atoms with Crippen LogP contribution in [0.2, 0.25) is 0 Å². The van der Waals surface area contributed by atoms with Crippen LogP contribution in [0.3, 0.4) is 0 Å². The van der Waals surface area contributed by atoms with Crippen LogP contribution in [-0.2, 0) is 9.59 Å². The first kappa shape index (κ1) is 18.5. The number of carbonyl (C=O) groups is 2. The molecule has 0 atom stereocenters. The Bertz CT molecular complexity index is 812. The maximum atomic E-state index is 12.5. The Morgan fingerprint density at radius 3 is 2.31 bits per heavy atom. The van der Waals surface area contributed by atoms with Crippen LogP contribution in [0.25, 0.3) is 6.08 Å². The number of benzene rings is 1. The molecule has 4 aliphatic carbocycles. The second-order valence-corrected chi connectivity index (χ2v) is 9.37. The lowest BCUT2D eigenvalue weighted by Gasteiger charge is -2.56. The molecule has 0 saturated heterocycles. The van der Waals surface area contributed by atoms with Crippen molar-refractivity contribution in [3.05, 3.63) is 29.8 Å². The first-order valence-electron chi connectivity index (χ1n) is 10.7. The topological polar surface area (TPSA) is 76.7 Å². The number of hydrogen-bond donors (Lipinski definition) is 2. The summed E-state index contributed by atoms with van der Waals surface area (Å²) < 4.78 is 11.0. The maximum Gasteiger partial charge on any atom is 0.262 e. The third-order valence-electron chi connectivity index (χ3n) is 7.02. The van der Waals surface area contributed by atoms with Crippen molar-refractivity contribution in [3.63, 3.8) is 0 Å². The summed E-state index contributed by atoms with van der Waals surface area (Å²) in [6.07, 6.45) is 11.3. The van der Waals surface area contributed by atoms with Gasteiger partial charge in [0.1, 0.15) is 13.2 Å². The lowest BCUT2D eigenvalue weighted by molar-refractivity contribution is -0.133. The van der Waals surface area contributed by atoms with E-state index >= 15 is 0 Å². The van der Waals surface area contributed by atoms with Gasteiger partial charge >= 0.3 is 0 Å². The quantitative estimate of drug-likeness (QED) is 0.605. The number of rotatable bonds is 4. The average molecular weight is 396 g/mol. The van der Waals surface area contributed by atoms with Crippen molar-refractivity contribution in [1.29, 1.82) is 0 Å². The van der Waals surface area contributed by atoms with Gasteiger partial charge in [-0.2, -0.15) is 0 Å². The van der Waals surface area contributed by atoms with E-state index in [1.165, 1.54) is 44.6 Å². The third kappa shape index (κ3) is 3.98. The molecule has 4 saturated carbocycles. The molecule has 154 valence electrons. The molecule has 0 unspecified atom stereocenters. The fourth-order valence-corrected chi connectivity index (χ4v) is 6.40. The number of amides is 2. The SMILES string of the molecule is O=C(/C=C/c1ccc2c(c1)OCCO2)NNC(=O)CC12CC3CC(CC(C3)C1)C2. The Kier molecular flexibility index (Phi) is 4.72. The predicted molar refractivity (Wildman–Crippen MR) is 108 cm³/mol. The van der Waals surface area contributed by atoms with E-state index in [-0.39, 0.29) is 17.2 Å². The third-order valence-corrected chi connectivity index (χ3v) is 7.02. The molecule has 6 rings (SSSR count). The highest BCUT2D eigenvalue weighted by atomic mass is 16.6. The highest BCUT2D eigenvalue weighted by Gasteiger charge is 2.51. The summed E-state index contributed by atoms with van der Waals surface area (Å²) >= 11 is 0. The smallest absolute Gasteiger partial charge is 0.262 e. The molecule has 1 heterocycles. The van der Waals surface area contributed by atoms with Gasteiger partial charge in [-0.3, -0.25) is 20.4 Å². The van der Waals surface area contributed by atoms with E-state index < -0.39 is 0 Å². The minimum atomic E-state index is -0.348. The molecule has 29 heavy (non-hydrogen) atoms. The summed E-state index contributed by atoms with van der Waals surface area (Å²) in [5.74, 6) is 3.43.